The van der Waals surface area contributed by atoms with Gasteiger partial charge < -0.3 is 15.4 Å². The number of aromatic nitrogens is 1. The summed E-state index contributed by atoms with van der Waals surface area (Å²) in [4.78, 5) is 14.8. The van der Waals surface area contributed by atoms with Crippen molar-refractivity contribution < 1.29 is 9.53 Å². The summed E-state index contributed by atoms with van der Waals surface area (Å²) in [6.07, 6.45) is 0.474. The SMILES string of the molecule is CNc1snc(C)c1C(=O)NCC(C)N1CC(C)OC(C)C1. The Bertz CT molecular complexity index is 510. The van der Waals surface area contributed by atoms with Crippen molar-refractivity contribution in [3.05, 3.63) is 11.3 Å². The summed E-state index contributed by atoms with van der Waals surface area (Å²) in [6.45, 7) is 10.6. The minimum absolute atomic E-state index is 0.0585. The van der Waals surface area contributed by atoms with Crippen LogP contribution in [0.3, 0.4) is 0 Å². The number of hydrogen-bond donors (Lipinski definition) is 2. The van der Waals surface area contributed by atoms with Crippen LogP contribution < -0.4 is 10.6 Å². The highest BCUT2D eigenvalue weighted by molar-refractivity contribution is 7.10. The van der Waals surface area contributed by atoms with E-state index < -0.39 is 0 Å². The fourth-order valence-corrected chi connectivity index (χ4v) is 3.59. The van der Waals surface area contributed by atoms with Gasteiger partial charge in [0.2, 0.25) is 0 Å². The number of ether oxygens (including phenoxy) is 1. The molecule has 1 aromatic heterocycles. The number of nitrogens with one attached hydrogen (secondary N) is 2. The minimum Gasteiger partial charge on any atom is -0.378 e. The number of hydrogen-bond acceptors (Lipinski definition) is 6. The van der Waals surface area contributed by atoms with Crippen LogP contribution in [0.25, 0.3) is 0 Å². The molecule has 1 aliphatic heterocycles. The summed E-state index contributed by atoms with van der Waals surface area (Å²) in [5.41, 5.74) is 1.43. The first-order valence-corrected chi connectivity index (χ1v) is 8.51. The molecule has 0 aromatic carbocycles. The molecule has 7 heteroatoms. The van der Waals surface area contributed by atoms with E-state index in [0.29, 0.717) is 12.1 Å². The molecule has 2 N–H and O–H groups in total. The lowest BCUT2D eigenvalue weighted by Crippen LogP contribution is -2.52. The number of rotatable bonds is 5. The number of anilines is 1. The van der Waals surface area contributed by atoms with Crippen molar-refractivity contribution >= 4 is 22.4 Å². The van der Waals surface area contributed by atoms with Crippen molar-refractivity contribution in [1.29, 1.82) is 0 Å². The zero-order chi connectivity index (χ0) is 16.3. The number of morpholine rings is 1. The van der Waals surface area contributed by atoms with Gasteiger partial charge in [0.25, 0.3) is 5.91 Å². The molecule has 2 heterocycles. The van der Waals surface area contributed by atoms with Gasteiger partial charge in [-0.25, -0.2) is 0 Å². The van der Waals surface area contributed by atoms with Crippen LogP contribution in [0.5, 0.6) is 0 Å². The van der Waals surface area contributed by atoms with E-state index in [1.54, 1.807) is 0 Å². The van der Waals surface area contributed by atoms with E-state index in [2.05, 4.69) is 40.7 Å². The molecule has 0 bridgehead atoms. The van der Waals surface area contributed by atoms with Crippen LogP contribution in [0.4, 0.5) is 5.00 Å². The Labute approximate surface area is 136 Å². The predicted octanol–water partition coefficient (Wildman–Crippen LogP) is 1.72. The number of carbonyl (C=O) groups is 1. The Morgan fingerprint density at radius 1 is 1.45 bits per heavy atom. The van der Waals surface area contributed by atoms with Gasteiger partial charge in [0.05, 0.1) is 23.5 Å². The molecule has 2 rings (SSSR count). The summed E-state index contributed by atoms with van der Waals surface area (Å²) in [5, 5.41) is 6.88. The van der Waals surface area contributed by atoms with Crippen molar-refractivity contribution in [2.45, 2.75) is 45.9 Å². The molecule has 6 nitrogen and oxygen atoms in total. The molecule has 22 heavy (non-hydrogen) atoms. The van der Waals surface area contributed by atoms with Gasteiger partial charge in [-0.05, 0) is 39.2 Å². The third-order valence-electron chi connectivity index (χ3n) is 3.95. The van der Waals surface area contributed by atoms with Crippen LogP contribution in [0.1, 0.15) is 36.8 Å². The van der Waals surface area contributed by atoms with Gasteiger partial charge in [-0.2, -0.15) is 4.37 Å². The Balaban J connectivity index is 1.91. The van der Waals surface area contributed by atoms with Crippen molar-refractivity contribution in [1.82, 2.24) is 14.6 Å². The van der Waals surface area contributed by atoms with Gasteiger partial charge in [-0.3, -0.25) is 9.69 Å². The largest absolute Gasteiger partial charge is 0.378 e. The van der Waals surface area contributed by atoms with Crippen molar-refractivity contribution in [3.8, 4) is 0 Å². The smallest absolute Gasteiger partial charge is 0.256 e. The van der Waals surface area contributed by atoms with E-state index >= 15 is 0 Å². The molecule has 3 unspecified atom stereocenters. The second-order valence-electron chi connectivity index (χ2n) is 5.99. The highest BCUT2D eigenvalue weighted by atomic mass is 32.1. The van der Waals surface area contributed by atoms with Crippen LogP contribution in [0.15, 0.2) is 0 Å². The first-order valence-electron chi connectivity index (χ1n) is 7.74. The number of amides is 1. The van der Waals surface area contributed by atoms with Crippen LogP contribution >= 0.6 is 11.5 Å². The van der Waals surface area contributed by atoms with Gasteiger partial charge in [0.15, 0.2) is 0 Å². The Morgan fingerprint density at radius 3 is 2.68 bits per heavy atom. The lowest BCUT2D eigenvalue weighted by atomic mass is 10.1. The number of nitrogens with zero attached hydrogens (tertiary/aromatic N) is 2. The Morgan fingerprint density at radius 2 is 2.09 bits per heavy atom. The second kappa shape index (κ2) is 7.39. The molecular formula is C15H26N4O2S. The maximum absolute atomic E-state index is 12.4. The quantitative estimate of drug-likeness (QED) is 0.862. The van der Waals surface area contributed by atoms with E-state index in [4.69, 9.17) is 4.74 Å². The summed E-state index contributed by atoms with van der Waals surface area (Å²) >= 11 is 1.32. The van der Waals surface area contributed by atoms with Gasteiger partial charge in [-0.15, -0.1) is 0 Å². The fourth-order valence-electron chi connectivity index (χ4n) is 2.84. The van der Waals surface area contributed by atoms with E-state index in [9.17, 15) is 4.79 Å². The maximum atomic E-state index is 12.4. The van der Waals surface area contributed by atoms with Crippen LogP contribution in [-0.2, 0) is 4.74 Å². The standard InChI is InChI=1S/C15H26N4O2S/c1-9(19-7-10(2)21-11(3)8-19)6-17-14(20)13-12(4)18-22-15(13)16-5/h9-11,16H,6-8H2,1-5H3,(H,17,20). The first-order chi connectivity index (χ1) is 10.4. The summed E-state index contributed by atoms with van der Waals surface area (Å²) < 4.78 is 9.99. The van der Waals surface area contributed by atoms with E-state index in [1.807, 2.05) is 14.0 Å². The lowest BCUT2D eigenvalue weighted by Gasteiger charge is -2.39. The lowest BCUT2D eigenvalue weighted by molar-refractivity contribution is -0.0778. The molecule has 1 amide bonds. The number of carbonyl (C=O) groups excluding carboxylic acids is 1. The second-order valence-corrected chi connectivity index (χ2v) is 6.77. The minimum atomic E-state index is -0.0585. The summed E-state index contributed by atoms with van der Waals surface area (Å²) in [6, 6.07) is 0.280. The molecule has 0 spiro atoms. The zero-order valence-corrected chi connectivity index (χ0v) is 14.8. The molecular weight excluding hydrogens is 300 g/mol. The third-order valence-corrected chi connectivity index (χ3v) is 4.90. The van der Waals surface area contributed by atoms with Crippen molar-refractivity contribution in [2.24, 2.45) is 0 Å². The normalized spacial score (nSPS) is 24.0. The van der Waals surface area contributed by atoms with Gasteiger partial charge in [0.1, 0.15) is 5.00 Å². The molecule has 3 atom stereocenters. The average molecular weight is 326 g/mol. The van der Waals surface area contributed by atoms with Crippen LogP contribution in [0.2, 0.25) is 0 Å². The molecule has 0 saturated carbocycles. The summed E-state index contributed by atoms with van der Waals surface area (Å²) in [7, 11) is 1.81. The molecule has 124 valence electrons. The average Bonchev–Trinajstić information content (AvgIpc) is 2.84. The van der Waals surface area contributed by atoms with E-state index in [0.717, 1.165) is 23.8 Å². The van der Waals surface area contributed by atoms with Crippen LogP contribution in [0, 0.1) is 6.92 Å². The van der Waals surface area contributed by atoms with Gasteiger partial charge in [0, 0.05) is 32.7 Å². The van der Waals surface area contributed by atoms with Crippen molar-refractivity contribution in [3.63, 3.8) is 0 Å². The highest BCUT2D eigenvalue weighted by Gasteiger charge is 2.26. The Hall–Kier alpha value is -1.18. The molecule has 1 aliphatic rings. The molecule has 1 aromatic rings. The first kappa shape index (κ1) is 17.2. The van der Waals surface area contributed by atoms with Gasteiger partial charge in [-0.1, -0.05) is 0 Å². The topological polar surface area (TPSA) is 66.5 Å². The van der Waals surface area contributed by atoms with Crippen LogP contribution in [-0.4, -0.2) is 60.1 Å². The zero-order valence-electron chi connectivity index (χ0n) is 14.0. The third kappa shape index (κ3) is 3.97. The maximum Gasteiger partial charge on any atom is 0.256 e. The highest BCUT2D eigenvalue weighted by Crippen LogP contribution is 2.23. The monoisotopic (exact) mass is 326 g/mol. The molecule has 1 fully saturated rings. The van der Waals surface area contributed by atoms with E-state index in [-0.39, 0.29) is 24.2 Å². The molecule has 0 radical (unpaired) electrons. The van der Waals surface area contributed by atoms with Crippen molar-refractivity contribution in [2.75, 3.05) is 32.0 Å². The van der Waals surface area contributed by atoms with E-state index in [1.165, 1.54) is 11.5 Å². The molecule has 1 saturated heterocycles. The Kier molecular flexibility index (Phi) is 5.77. The predicted molar refractivity (Wildman–Crippen MR) is 89.8 cm³/mol. The molecule has 0 aliphatic carbocycles. The number of aryl methyl sites for hydroxylation is 1. The van der Waals surface area contributed by atoms with Gasteiger partial charge >= 0.3 is 0 Å². The fraction of sp³-hybridized carbons (Fsp3) is 0.733. The summed E-state index contributed by atoms with van der Waals surface area (Å²) in [5.74, 6) is -0.0585.